The minimum atomic E-state index is -0.308. The van der Waals surface area contributed by atoms with Gasteiger partial charge in [0.05, 0.1) is 19.1 Å². The van der Waals surface area contributed by atoms with Crippen LogP contribution >= 0.6 is 23.4 Å². The zero-order valence-corrected chi connectivity index (χ0v) is 17.9. The van der Waals surface area contributed by atoms with E-state index in [-0.39, 0.29) is 17.4 Å². The number of carbonyl (C=O) groups excluding carboxylic acids is 1. The summed E-state index contributed by atoms with van der Waals surface area (Å²) >= 11 is 7.21. The highest BCUT2D eigenvalue weighted by Crippen LogP contribution is 2.28. The van der Waals surface area contributed by atoms with Crippen LogP contribution in [-0.4, -0.2) is 44.9 Å². The Kier molecular flexibility index (Phi) is 7.31. The number of halogens is 1. The lowest BCUT2D eigenvalue weighted by molar-refractivity contribution is -0.118. The van der Waals surface area contributed by atoms with Gasteiger partial charge in [0.25, 0.3) is 5.91 Å². The molecule has 0 bridgehead atoms. The monoisotopic (exact) mass is 445 g/mol. The molecule has 3 rings (SSSR count). The number of thioether (sulfide) groups is 1. The van der Waals surface area contributed by atoms with Gasteiger partial charge in [0.15, 0.2) is 22.5 Å². The van der Waals surface area contributed by atoms with E-state index in [0.717, 1.165) is 5.56 Å². The number of methoxy groups -OCH3 is 1. The second kappa shape index (κ2) is 10.1. The third-order valence-corrected chi connectivity index (χ3v) is 5.33. The van der Waals surface area contributed by atoms with Gasteiger partial charge in [-0.05, 0) is 43.3 Å². The highest BCUT2D eigenvalue weighted by molar-refractivity contribution is 7.99. The fraction of sp³-hybridized carbons (Fsp3) is 0.200. The number of para-hydroxylation sites is 1. The summed E-state index contributed by atoms with van der Waals surface area (Å²) in [5.74, 6) is 0.801. The minimum Gasteiger partial charge on any atom is -0.504 e. The van der Waals surface area contributed by atoms with Crippen LogP contribution in [0.3, 0.4) is 0 Å². The van der Waals surface area contributed by atoms with Gasteiger partial charge < -0.3 is 14.4 Å². The molecule has 1 heterocycles. The number of rotatable bonds is 8. The second-order valence-electron chi connectivity index (χ2n) is 6.04. The summed E-state index contributed by atoms with van der Waals surface area (Å²) in [7, 11) is 1.46. The number of nitrogens with zero attached hydrogens (tertiary/aromatic N) is 4. The molecule has 0 aliphatic heterocycles. The van der Waals surface area contributed by atoms with Crippen molar-refractivity contribution in [3.05, 3.63) is 53.1 Å². The predicted molar refractivity (Wildman–Crippen MR) is 117 cm³/mol. The van der Waals surface area contributed by atoms with E-state index in [0.29, 0.717) is 33.9 Å². The number of hydrogen-bond acceptors (Lipinski definition) is 7. The van der Waals surface area contributed by atoms with Crippen molar-refractivity contribution in [2.75, 3.05) is 12.9 Å². The van der Waals surface area contributed by atoms with Crippen LogP contribution in [0.15, 0.2) is 52.7 Å². The highest BCUT2D eigenvalue weighted by atomic mass is 35.5. The first-order chi connectivity index (χ1) is 14.5. The van der Waals surface area contributed by atoms with Crippen LogP contribution in [0.25, 0.3) is 11.4 Å². The molecule has 0 spiro atoms. The first-order valence-corrected chi connectivity index (χ1v) is 10.4. The van der Waals surface area contributed by atoms with Gasteiger partial charge >= 0.3 is 0 Å². The summed E-state index contributed by atoms with van der Waals surface area (Å²) in [6, 6.07) is 12.3. The lowest BCUT2D eigenvalue weighted by Crippen LogP contribution is -2.20. The van der Waals surface area contributed by atoms with Crippen molar-refractivity contribution in [1.29, 1.82) is 0 Å². The summed E-state index contributed by atoms with van der Waals surface area (Å²) in [4.78, 5) is 12.1. The van der Waals surface area contributed by atoms with Crippen LogP contribution in [0.2, 0.25) is 5.02 Å². The molecule has 0 aliphatic carbocycles. The van der Waals surface area contributed by atoms with E-state index in [1.54, 1.807) is 30.3 Å². The standard InChI is InChI=1S/C20H20ClN5O3S/c1-3-26-19(13-7-9-15(21)10-8-13)24-25-20(26)30-12-17(27)23-22-11-14-5-4-6-16(29-2)18(14)28/h4-11,28H,3,12H2,1-2H3,(H,23,27)/b22-11-. The van der Waals surface area contributed by atoms with Gasteiger partial charge in [-0.15, -0.1) is 10.2 Å². The second-order valence-corrected chi connectivity index (χ2v) is 7.42. The Labute approximate surface area is 182 Å². The van der Waals surface area contributed by atoms with E-state index in [2.05, 4.69) is 20.7 Å². The zero-order valence-electron chi connectivity index (χ0n) is 16.4. The van der Waals surface area contributed by atoms with Crippen molar-refractivity contribution < 1.29 is 14.6 Å². The van der Waals surface area contributed by atoms with E-state index in [1.807, 2.05) is 23.6 Å². The third kappa shape index (κ3) is 5.11. The Balaban J connectivity index is 1.60. The van der Waals surface area contributed by atoms with Crippen LogP contribution in [0.5, 0.6) is 11.5 Å². The fourth-order valence-electron chi connectivity index (χ4n) is 2.64. The van der Waals surface area contributed by atoms with Crippen molar-refractivity contribution in [2.24, 2.45) is 5.10 Å². The van der Waals surface area contributed by atoms with E-state index < -0.39 is 0 Å². The molecular weight excluding hydrogens is 426 g/mol. The number of phenolic OH excluding ortho intramolecular Hbond substituents is 1. The Morgan fingerprint density at radius 1 is 1.30 bits per heavy atom. The molecule has 156 valence electrons. The number of aromatic hydroxyl groups is 1. The van der Waals surface area contributed by atoms with Crippen LogP contribution in [0.1, 0.15) is 12.5 Å². The summed E-state index contributed by atoms with van der Waals surface area (Å²) < 4.78 is 6.97. The molecule has 1 aromatic heterocycles. The molecule has 0 saturated carbocycles. The van der Waals surface area contributed by atoms with Crippen LogP contribution in [-0.2, 0) is 11.3 Å². The number of amides is 1. The third-order valence-electron chi connectivity index (χ3n) is 4.11. The number of nitrogens with one attached hydrogen (secondary N) is 1. The summed E-state index contributed by atoms with van der Waals surface area (Å²) in [6.45, 7) is 2.64. The summed E-state index contributed by atoms with van der Waals surface area (Å²) in [6.07, 6.45) is 1.35. The number of ether oxygens (including phenoxy) is 1. The highest BCUT2D eigenvalue weighted by Gasteiger charge is 2.14. The largest absolute Gasteiger partial charge is 0.504 e. The van der Waals surface area contributed by atoms with Gasteiger partial charge in [0.2, 0.25) is 0 Å². The molecule has 10 heteroatoms. The van der Waals surface area contributed by atoms with Gasteiger partial charge in [-0.1, -0.05) is 29.4 Å². The number of benzene rings is 2. The van der Waals surface area contributed by atoms with Gasteiger partial charge in [-0.2, -0.15) is 5.10 Å². The average molecular weight is 446 g/mol. The van der Waals surface area contributed by atoms with Crippen molar-refractivity contribution in [3.8, 4) is 22.9 Å². The predicted octanol–water partition coefficient (Wildman–Crippen LogP) is 3.58. The van der Waals surface area contributed by atoms with Crippen molar-refractivity contribution in [3.63, 3.8) is 0 Å². The summed E-state index contributed by atoms with van der Waals surface area (Å²) in [5.41, 5.74) is 3.76. The SMILES string of the molecule is CCn1c(SCC(=O)N/N=C\c2cccc(OC)c2O)nnc1-c1ccc(Cl)cc1. The molecule has 2 aromatic carbocycles. The zero-order chi connectivity index (χ0) is 21.5. The van der Waals surface area contributed by atoms with Crippen molar-refractivity contribution in [1.82, 2.24) is 20.2 Å². The molecule has 0 fully saturated rings. The summed E-state index contributed by atoms with van der Waals surface area (Å²) in [5, 5.41) is 23.6. The molecule has 8 nitrogen and oxygen atoms in total. The normalized spacial score (nSPS) is 11.0. The molecule has 2 N–H and O–H groups in total. The van der Waals surface area contributed by atoms with Gasteiger partial charge in [0, 0.05) is 22.7 Å². The maximum Gasteiger partial charge on any atom is 0.250 e. The van der Waals surface area contributed by atoms with E-state index in [1.165, 1.54) is 25.1 Å². The average Bonchev–Trinajstić information content (AvgIpc) is 3.17. The van der Waals surface area contributed by atoms with Crippen LogP contribution in [0, 0.1) is 0 Å². The van der Waals surface area contributed by atoms with E-state index >= 15 is 0 Å². The number of hydrogen-bond donors (Lipinski definition) is 2. The molecule has 3 aromatic rings. The molecule has 0 unspecified atom stereocenters. The molecule has 0 aliphatic rings. The number of phenols is 1. The van der Waals surface area contributed by atoms with Gasteiger partial charge in [0.1, 0.15) is 0 Å². The molecule has 0 saturated heterocycles. The van der Waals surface area contributed by atoms with Crippen LogP contribution in [0.4, 0.5) is 0 Å². The molecule has 0 radical (unpaired) electrons. The number of carbonyl (C=O) groups is 1. The Morgan fingerprint density at radius 3 is 2.77 bits per heavy atom. The smallest absolute Gasteiger partial charge is 0.250 e. The lowest BCUT2D eigenvalue weighted by atomic mass is 10.2. The Hall–Kier alpha value is -3.04. The number of aromatic nitrogens is 3. The molecule has 1 amide bonds. The first-order valence-electron chi connectivity index (χ1n) is 9.03. The minimum absolute atomic E-state index is 0.0434. The van der Waals surface area contributed by atoms with Gasteiger partial charge in [-0.3, -0.25) is 4.79 Å². The lowest BCUT2D eigenvalue weighted by Gasteiger charge is -2.07. The van der Waals surface area contributed by atoms with Crippen LogP contribution < -0.4 is 10.2 Å². The van der Waals surface area contributed by atoms with Crippen molar-refractivity contribution >= 4 is 35.5 Å². The maximum absolute atomic E-state index is 12.1. The van der Waals surface area contributed by atoms with E-state index in [4.69, 9.17) is 16.3 Å². The maximum atomic E-state index is 12.1. The first kappa shape index (κ1) is 21.7. The van der Waals surface area contributed by atoms with E-state index in [9.17, 15) is 9.90 Å². The molecule has 30 heavy (non-hydrogen) atoms. The van der Waals surface area contributed by atoms with Gasteiger partial charge in [-0.25, -0.2) is 5.43 Å². The molecule has 0 atom stereocenters. The topological polar surface area (TPSA) is 102 Å². The fourth-order valence-corrected chi connectivity index (χ4v) is 3.56. The quantitative estimate of drug-likeness (QED) is 0.312. The Bertz CT molecular complexity index is 1050. The molecular formula is C20H20ClN5O3S. The Morgan fingerprint density at radius 2 is 2.07 bits per heavy atom. The van der Waals surface area contributed by atoms with Crippen molar-refractivity contribution in [2.45, 2.75) is 18.6 Å². The number of hydrazone groups is 1.